The summed E-state index contributed by atoms with van der Waals surface area (Å²) in [5.41, 5.74) is 1.83. The number of anilines is 1. The third-order valence-electron chi connectivity index (χ3n) is 4.56. The van der Waals surface area contributed by atoms with Crippen LogP contribution in [0.5, 0.6) is 0 Å². The molecule has 1 atom stereocenters. The SMILES string of the molecule is CSc1ccc(CN(C)CC(=O)N(c2ccccc2)[C@H]2C=CS(=O)(=O)C2)cc1. The number of amides is 1. The molecule has 0 saturated carbocycles. The second kappa shape index (κ2) is 8.94. The summed E-state index contributed by atoms with van der Waals surface area (Å²) in [4.78, 5) is 17.8. The Hall–Kier alpha value is -2.09. The molecule has 0 unspecified atom stereocenters. The second-order valence-corrected chi connectivity index (χ2v) is 9.66. The van der Waals surface area contributed by atoms with Gasteiger partial charge in [-0.05, 0) is 49.2 Å². The number of sulfone groups is 1. The lowest BCUT2D eigenvalue weighted by atomic mass is 10.2. The van der Waals surface area contributed by atoms with Gasteiger partial charge in [0, 0.05) is 22.5 Å². The average molecular weight is 417 g/mol. The molecule has 0 fully saturated rings. The molecule has 0 N–H and O–H groups in total. The summed E-state index contributed by atoms with van der Waals surface area (Å²) in [6.45, 7) is 0.839. The van der Waals surface area contributed by atoms with Gasteiger partial charge in [0.1, 0.15) is 0 Å². The molecular weight excluding hydrogens is 392 g/mol. The quantitative estimate of drug-likeness (QED) is 0.649. The Balaban J connectivity index is 1.73. The van der Waals surface area contributed by atoms with Crippen molar-refractivity contribution < 1.29 is 13.2 Å². The van der Waals surface area contributed by atoms with Gasteiger partial charge in [0.15, 0.2) is 9.84 Å². The molecule has 0 bridgehead atoms. The molecule has 28 heavy (non-hydrogen) atoms. The van der Waals surface area contributed by atoms with Gasteiger partial charge in [0.2, 0.25) is 5.91 Å². The average Bonchev–Trinajstić information content (AvgIpc) is 3.02. The van der Waals surface area contributed by atoms with Crippen LogP contribution in [0.15, 0.2) is 71.0 Å². The minimum absolute atomic E-state index is 0.0759. The van der Waals surface area contributed by atoms with E-state index < -0.39 is 15.9 Å². The fraction of sp³-hybridized carbons (Fsp3) is 0.286. The summed E-state index contributed by atoms with van der Waals surface area (Å²) in [6.07, 6.45) is 3.64. The van der Waals surface area contributed by atoms with Gasteiger partial charge < -0.3 is 4.90 Å². The molecule has 2 aromatic carbocycles. The van der Waals surface area contributed by atoms with Crippen LogP contribution < -0.4 is 4.90 Å². The van der Waals surface area contributed by atoms with Gasteiger partial charge in [0.25, 0.3) is 0 Å². The number of carbonyl (C=O) groups is 1. The first-order valence-corrected chi connectivity index (χ1v) is 11.9. The van der Waals surface area contributed by atoms with Gasteiger partial charge in [-0.1, -0.05) is 30.3 Å². The van der Waals surface area contributed by atoms with Gasteiger partial charge >= 0.3 is 0 Å². The standard InChI is InChI=1S/C21H24N2O3S2/c1-22(14-17-8-10-20(27-2)11-9-17)15-21(24)23(18-6-4-3-5-7-18)19-12-13-28(25,26)16-19/h3-13,19H,14-16H2,1-2H3/t19-/m0/s1. The monoisotopic (exact) mass is 416 g/mol. The van der Waals surface area contributed by atoms with Crippen molar-refractivity contribution in [2.75, 3.05) is 30.5 Å². The van der Waals surface area contributed by atoms with Gasteiger partial charge in [-0.3, -0.25) is 9.69 Å². The normalized spacial score (nSPS) is 17.8. The number of benzene rings is 2. The van der Waals surface area contributed by atoms with Crippen LogP contribution >= 0.6 is 11.8 Å². The summed E-state index contributed by atoms with van der Waals surface area (Å²) in [5.74, 6) is -0.200. The fourth-order valence-electron chi connectivity index (χ4n) is 3.23. The molecule has 0 aliphatic carbocycles. The van der Waals surface area contributed by atoms with E-state index in [9.17, 15) is 13.2 Å². The van der Waals surface area contributed by atoms with Crippen molar-refractivity contribution in [2.45, 2.75) is 17.5 Å². The van der Waals surface area contributed by atoms with Crippen molar-refractivity contribution in [2.24, 2.45) is 0 Å². The van der Waals surface area contributed by atoms with Crippen LogP contribution in [0, 0.1) is 0 Å². The summed E-state index contributed by atoms with van der Waals surface area (Å²) in [7, 11) is -1.36. The smallest absolute Gasteiger partial charge is 0.241 e. The van der Waals surface area contributed by atoms with Crippen molar-refractivity contribution >= 4 is 33.2 Å². The Kier molecular flexibility index (Phi) is 6.59. The Morgan fingerprint density at radius 3 is 2.36 bits per heavy atom. The Morgan fingerprint density at radius 2 is 1.79 bits per heavy atom. The number of likely N-dealkylation sites (N-methyl/N-ethyl adjacent to an activating group) is 1. The van der Waals surface area contributed by atoms with E-state index >= 15 is 0 Å². The number of thioether (sulfide) groups is 1. The van der Waals surface area contributed by atoms with Crippen LogP contribution in [0.1, 0.15) is 5.56 Å². The van der Waals surface area contributed by atoms with Gasteiger partial charge in [-0.15, -0.1) is 11.8 Å². The maximum absolute atomic E-state index is 13.1. The van der Waals surface area contributed by atoms with E-state index in [0.717, 1.165) is 5.56 Å². The highest BCUT2D eigenvalue weighted by molar-refractivity contribution is 7.98. The van der Waals surface area contributed by atoms with Crippen LogP contribution in [-0.4, -0.2) is 50.9 Å². The minimum Gasteiger partial charge on any atom is -0.303 e. The van der Waals surface area contributed by atoms with Crippen molar-refractivity contribution in [1.29, 1.82) is 0 Å². The Bertz CT molecular complexity index is 941. The highest BCUT2D eigenvalue weighted by Gasteiger charge is 2.31. The lowest BCUT2D eigenvalue weighted by molar-refractivity contribution is -0.119. The number of rotatable bonds is 7. The molecule has 1 aliphatic rings. The van der Waals surface area contributed by atoms with E-state index in [4.69, 9.17) is 0 Å². The fourth-order valence-corrected chi connectivity index (χ4v) is 4.91. The van der Waals surface area contributed by atoms with Crippen molar-refractivity contribution in [3.8, 4) is 0 Å². The Morgan fingerprint density at radius 1 is 1.11 bits per heavy atom. The van der Waals surface area contributed by atoms with Crippen molar-refractivity contribution in [3.63, 3.8) is 0 Å². The lowest BCUT2D eigenvalue weighted by Gasteiger charge is -2.29. The van der Waals surface area contributed by atoms with E-state index in [2.05, 4.69) is 24.3 Å². The van der Waals surface area contributed by atoms with Gasteiger partial charge in [-0.2, -0.15) is 0 Å². The van der Waals surface area contributed by atoms with Gasteiger partial charge in [-0.25, -0.2) is 8.42 Å². The van der Waals surface area contributed by atoms with Crippen LogP contribution in [0.25, 0.3) is 0 Å². The zero-order valence-electron chi connectivity index (χ0n) is 16.0. The highest BCUT2D eigenvalue weighted by Crippen LogP contribution is 2.23. The highest BCUT2D eigenvalue weighted by atomic mass is 32.2. The predicted molar refractivity (Wildman–Crippen MR) is 115 cm³/mol. The molecule has 0 aromatic heterocycles. The molecule has 1 heterocycles. The van der Waals surface area contributed by atoms with E-state index in [-0.39, 0.29) is 18.2 Å². The Labute approximate surface area is 171 Å². The molecule has 0 spiro atoms. The first kappa shape index (κ1) is 20.6. The van der Waals surface area contributed by atoms with E-state index in [1.54, 1.807) is 22.7 Å². The van der Waals surface area contributed by atoms with Crippen LogP contribution in [-0.2, 0) is 21.2 Å². The van der Waals surface area contributed by atoms with Crippen molar-refractivity contribution in [1.82, 2.24) is 4.90 Å². The number of para-hydroxylation sites is 1. The topological polar surface area (TPSA) is 57.7 Å². The van der Waals surface area contributed by atoms with Crippen LogP contribution in [0.4, 0.5) is 5.69 Å². The first-order valence-electron chi connectivity index (χ1n) is 8.97. The maximum atomic E-state index is 13.1. The lowest BCUT2D eigenvalue weighted by Crippen LogP contribution is -2.45. The first-order chi connectivity index (χ1) is 13.4. The van der Waals surface area contributed by atoms with E-state index in [1.165, 1.54) is 10.3 Å². The molecule has 0 radical (unpaired) electrons. The predicted octanol–water partition coefficient (Wildman–Crippen LogP) is 3.18. The van der Waals surface area contributed by atoms with Crippen LogP contribution in [0.3, 0.4) is 0 Å². The molecular formula is C21H24N2O3S2. The minimum atomic E-state index is -3.26. The molecule has 7 heteroatoms. The second-order valence-electron chi connectivity index (χ2n) is 6.85. The van der Waals surface area contributed by atoms with Crippen LogP contribution in [0.2, 0.25) is 0 Å². The molecule has 148 valence electrons. The summed E-state index contributed by atoms with van der Waals surface area (Å²) < 4.78 is 23.8. The summed E-state index contributed by atoms with van der Waals surface area (Å²) in [6, 6.07) is 17.0. The van der Waals surface area contributed by atoms with E-state index in [0.29, 0.717) is 12.2 Å². The largest absolute Gasteiger partial charge is 0.303 e. The number of hydrogen-bond donors (Lipinski definition) is 0. The number of nitrogens with zero attached hydrogens (tertiary/aromatic N) is 2. The maximum Gasteiger partial charge on any atom is 0.241 e. The third-order valence-corrected chi connectivity index (χ3v) is 6.68. The zero-order valence-corrected chi connectivity index (χ0v) is 17.6. The molecule has 1 amide bonds. The molecule has 1 aliphatic heterocycles. The summed E-state index contributed by atoms with van der Waals surface area (Å²) in [5, 5.41) is 1.21. The van der Waals surface area contributed by atoms with E-state index in [1.807, 2.05) is 48.5 Å². The number of hydrogen-bond acceptors (Lipinski definition) is 5. The molecule has 3 rings (SSSR count). The van der Waals surface area contributed by atoms with Gasteiger partial charge in [0.05, 0.1) is 18.3 Å². The molecule has 5 nitrogen and oxygen atoms in total. The number of carbonyl (C=O) groups excluding carboxylic acids is 1. The molecule has 2 aromatic rings. The zero-order chi connectivity index (χ0) is 20.1. The molecule has 0 saturated heterocycles. The third kappa shape index (κ3) is 5.25. The van der Waals surface area contributed by atoms with Crippen molar-refractivity contribution in [3.05, 3.63) is 71.6 Å². The summed E-state index contributed by atoms with van der Waals surface area (Å²) >= 11 is 1.69.